The molecule has 2 N–H and O–H groups in total. The second kappa shape index (κ2) is 4.50. The molecule has 0 spiro atoms. The van der Waals surface area contributed by atoms with E-state index in [1.807, 2.05) is 18.3 Å². The Labute approximate surface area is 88.2 Å². The summed E-state index contributed by atoms with van der Waals surface area (Å²) in [5.74, 6) is 1.30. The first kappa shape index (κ1) is 9.58. The summed E-state index contributed by atoms with van der Waals surface area (Å²) in [6.07, 6.45) is 6.97. The fourth-order valence-corrected chi connectivity index (χ4v) is 1.34. The van der Waals surface area contributed by atoms with Crippen LogP contribution in [0.5, 0.6) is 0 Å². The largest absolute Gasteiger partial charge is 0.384 e. The first-order valence-corrected chi connectivity index (χ1v) is 4.81. The summed E-state index contributed by atoms with van der Waals surface area (Å²) < 4.78 is 0. The highest BCUT2D eigenvalue weighted by molar-refractivity contribution is 5.25. The Morgan fingerprint density at radius 2 is 2.07 bits per heavy atom. The molecule has 0 bridgehead atoms. The minimum absolute atomic E-state index is 0.520. The maximum Gasteiger partial charge on any atom is 0.130 e. The first-order valence-electron chi connectivity index (χ1n) is 4.81. The van der Waals surface area contributed by atoms with Crippen molar-refractivity contribution in [1.82, 2.24) is 15.0 Å². The number of nitrogen functional groups attached to an aromatic ring is 1. The lowest BCUT2D eigenvalue weighted by molar-refractivity contribution is 0.857. The molecule has 2 aromatic rings. The van der Waals surface area contributed by atoms with E-state index >= 15 is 0 Å². The summed E-state index contributed by atoms with van der Waals surface area (Å²) in [6.45, 7) is 0. The number of hydrogen-bond donors (Lipinski definition) is 1. The standard InChI is InChI=1S/C11H12N4/c12-10-5-7-14-11(15-10)4-3-9-2-1-6-13-8-9/h1-2,5-8H,3-4H2,(H2,12,14,15). The van der Waals surface area contributed by atoms with Gasteiger partial charge in [-0.15, -0.1) is 0 Å². The van der Waals surface area contributed by atoms with Crippen molar-refractivity contribution in [3.63, 3.8) is 0 Å². The van der Waals surface area contributed by atoms with E-state index in [1.54, 1.807) is 18.5 Å². The van der Waals surface area contributed by atoms with Gasteiger partial charge in [0.25, 0.3) is 0 Å². The van der Waals surface area contributed by atoms with Crippen LogP contribution in [0.1, 0.15) is 11.4 Å². The van der Waals surface area contributed by atoms with Crippen LogP contribution >= 0.6 is 0 Å². The lowest BCUT2D eigenvalue weighted by Crippen LogP contribution is -2.00. The van der Waals surface area contributed by atoms with Crippen LogP contribution in [0.15, 0.2) is 36.8 Å². The number of aromatic nitrogens is 3. The second-order valence-corrected chi connectivity index (χ2v) is 3.26. The molecule has 0 amide bonds. The highest BCUT2D eigenvalue weighted by Crippen LogP contribution is 2.03. The van der Waals surface area contributed by atoms with Crippen molar-refractivity contribution in [3.8, 4) is 0 Å². The summed E-state index contributed by atoms with van der Waals surface area (Å²) in [7, 11) is 0. The molecule has 2 aromatic heterocycles. The van der Waals surface area contributed by atoms with Gasteiger partial charge in [0.1, 0.15) is 11.6 Å². The molecule has 15 heavy (non-hydrogen) atoms. The van der Waals surface area contributed by atoms with Gasteiger partial charge in [0, 0.05) is 25.0 Å². The van der Waals surface area contributed by atoms with Crippen LogP contribution < -0.4 is 5.73 Å². The smallest absolute Gasteiger partial charge is 0.130 e. The van der Waals surface area contributed by atoms with E-state index in [0.29, 0.717) is 5.82 Å². The zero-order valence-corrected chi connectivity index (χ0v) is 8.30. The molecule has 0 aromatic carbocycles. The van der Waals surface area contributed by atoms with Crippen molar-refractivity contribution in [2.24, 2.45) is 0 Å². The van der Waals surface area contributed by atoms with Crippen molar-refractivity contribution >= 4 is 5.82 Å². The van der Waals surface area contributed by atoms with Gasteiger partial charge in [-0.1, -0.05) is 6.07 Å². The van der Waals surface area contributed by atoms with Gasteiger partial charge < -0.3 is 5.73 Å². The fraction of sp³-hybridized carbons (Fsp3) is 0.182. The Kier molecular flexibility index (Phi) is 2.88. The molecular weight excluding hydrogens is 188 g/mol. The highest BCUT2D eigenvalue weighted by atomic mass is 14.9. The summed E-state index contributed by atoms with van der Waals surface area (Å²) in [5.41, 5.74) is 6.75. The number of pyridine rings is 1. The number of rotatable bonds is 3. The van der Waals surface area contributed by atoms with E-state index in [4.69, 9.17) is 5.73 Å². The van der Waals surface area contributed by atoms with Crippen molar-refractivity contribution < 1.29 is 0 Å². The molecule has 0 unspecified atom stereocenters. The average Bonchev–Trinajstić information content (AvgIpc) is 2.28. The lowest BCUT2D eigenvalue weighted by atomic mass is 10.1. The Balaban J connectivity index is 1.99. The number of aryl methyl sites for hydroxylation is 2. The van der Waals surface area contributed by atoms with Crippen molar-refractivity contribution in [3.05, 3.63) is 48.2 Å². The normalized spacial score (nSPS) is 10.1. The van der Waals surface area contributed by atoms with E-state index in [2.05, 4.69) is 15.0 Å². The van der Waals surface area contributed by atoms with Crippen LogP contribution in [0.3, 0.4) is 0 Å². The summed E-state index contributed by atoms with van der Waals surface area (Å²) in [4.78, 5) is 12.3. The molecule has 0 fully saturated rings. The number of nitrogens with two attached hydrogens (primary N) is 1. The number of anilines is 1. The summed E-state index contributed by atoms with van der Waals surface area (Å²) >= 11 is 0. The molecule has 2 heterocycles. The van der Waals surface area contributed by atoms with Crippen LogP contribution in [-0.4, -0.2) is 15.0 Å². The van der Waals surface area contributed by atoms with Gasteiger partial charge in [-0.2, -0.15) is 0 Å². The Bertz CT molecular complexity index is 428. The Morgan fingerprint density at radius 3 is 2.80 bits per heavy atom. The molecule has 4 heteroatoms. The molecule has 2 rings (SSSR count). The number of hydrogen-bond acceptors (Lipinski definition) is 4. The zero-order valence-electron chi connectivity index (χ0n) is 8.30. The Morgan fingerprint density at radius 1 is 1.13 bits per heavy atom. The van der Waals surface area contributed by atoms with E-state index in [1.165, 1.54) is 5.56 Å². The minimum atomic E-state index is 0.520. The topological polar surface area (TPSA) is 64.7 Å². The first-order chi connectivity index (χ1) is 7.34. The average molecular weight is 200 g/mol. The van der Waals surface area contributed by atoms with Gasteiger partial charge in [0.05, 0.1) is 0 Å². The predicted molar refractivity (Wildman–Crippen MR) is 58.1 cm³/mol. The predicted octanol–water partition coefficient (Wildman–Crippen LogP) is 1.24. The highest BCUT2D eigenvalue weighted by Gasteiger charge is 1.98. The quantitative estimate of drug-likeness (QED) is 0.809. The van der Waals surface area contributed by atoms with Crippen LogP contribution in [0.4, 0.5) is 5.82 Å². The molecule has 0 saturated heterocycles. The van der Waals surface area contributed by atoms with E-state index in [0.717, 1.165) is 18.7 Å². The monoisotopic (exact) mass is 200 g/mol. The van der Waals surface area contributed by atoms with E-state index < -0.39 is 0 Å². The lowest BCUT2D eigenvalue weighted by Gasteiger charge is -2.00. The molecule has 0 aliphatic heterocycles. The van der Waals surface area contributed by atoms with Crippen LogP contribution in [-0.2, 0) is 12.8 Å². The van der Waals surface area contributed by atoms with Crippen molar-refractivity contribution in [1.29, 1.82) is 0 Å². The molecule has 0 aliphatic carbocycles. The third-order valence-corrected chi connectivity index (χ3v) is 2.09. The molecule has 0 saturated carbocycles. The molecule has 0 aliphatic rings. The van der Waals surface area contributed by atoms with E-state index in [-0.39, 0.29) is 0 Å². The fourth-order valence-electron chi connectivity index (χ4n) is 1.34. The van der Waals surface area contributed by atoms with Crippen LogP contribution in [0, 0.1) is 0 Å². The molecule has 0 radical (unpaired) electrons. The Hall–Kier alpha value is -1.97. The van der Waals surface area contributed by atoms with Gasteiger partial charge >= 0.3 is 0 Å². The van der Waals surface area contributed by atoms with Crippen LogP contribution in [0.2, 0.25) is 0 Å². The van der Waals surface area contributed by atoms with Gasteiger partial charge in [0.15, 0.2) is 0 Å². The third kappa shape index (κ3) is 2.74. The van der Waals surface area contributed by atoms with Gasteiger partial charge in [-0.05, 0) is 24.1 Å². The molecular formula is C11H12N4. The van der Waals surface area contributed by atoms with Crippen molar-refractivity contribution in [2.75, 3.05) is 5.73 Å². The maximum absolute atomic E-state index is 5.56. The molecule has 4 nitrogen and oxygen atoms in total. The SMILES string of the molecule is Nc1ccnc(CCc2cccnc2)n1. The van der Waals surface area contributed by atoms with Gasteiger partial charge in [-0.3, -0.25) is 4.98 Å². The third-order valence-electron chi connectivity index (χ3n) is 2.09. The van der Waals surface area contributed by atoms with Gasteiger partial charge in [0.2, 0.25) is 0 Å². The second-order valence-electron chi connectivity index (χ2n) is 3.26. The van der Waals surface area contributed by atoms with Crippen molar-refractivity contribution in [2.45, 2.75) is 12.8 Å². The van der Waals surface area contributed by atoms with Gasteiger partial charge in [-0.25, -0.2) is 9.97 Å². The zero-order chi connectivity index (χ0) is 10.5. The van der Waals surface area contributed by atoms with Crippen LogP contribution in [0.25, 0.3) is 0 Å². The minimum Gasteiger partial charge on any atom is -0.384 e. The summed E-state index contributed by atoms with van der Waals surface area (Å²) in [6, 6.07) is 5.66. The van der Waals surface area contributed by atoms with E-state index in [9.17, 15) is 0 Å². The molecule has 0 atom stereocenters. The molecule has 76 valence electrons. The number of nitrogens with zero attached hydrogens (tertiary/aromatic N) is 3. The maximum atomic E-state index is 5.56. The summed E-state index contributed by atoms with van der Waals surface area (Å²) in [5, 5.41) is 0.